The van der Waals surface area contributed by atoms with Crippen molar-refractivity contribution in [2.45, 2.75) is 18.9 Å². The average molecular weight is 336 g/mol. The molecular formula is C16H15BrFNO. The summed E-state index contributed by atoms with van der Waals surface area (Å²) in [5.41, 5.74) is 9.39. The monoisotopic (exact) mass is 335 g/mol. The van der Waals surface area contributed by atoms with Crippen molar-refractivity contribution in [1.82, 2.24) is 0 Å². The number of aryl methyl sites for hydroxylation is 1. The lowest BCUT2D eigenvalue weighted by molar-refractivity contribution is 0.288. The van der Waals surface area contributed by atoms with Gasteiger partial charge in [0.1, 0.15) is 11.6 Å². The molecule has 1 atom stereocenters. The Labute approximate surface area is 125 Å². The summed E-state index contributed by atoms with van der Waals surface area (Å²) in [4.78, 5) is 0. The normalized spacial score (nSPS) is 15.3. The fourth-order valence-corrected chi connectivity index (χ4v) is 2.87. The van der Waals surface area contributed by atoms with Gasteiger partial charge in [0.25, 0.3) is 0 Å². The van der Waals surface area contributed by atoms with Gasteiger partial charge in [-0.25, -0.2) is 4.39 Å². The predicted molar refractivity (Wildman–Crippen MR) is 80.4 cm³/mol. The minimum Gasteiger partial charge on any atom is -0.493 e. The third-order valence-corrected chi connectivity index (χ3v) is 4.20. The highest BCUT2D eigenvalue weighted by Gasteiger charge is 2.15. The van der Waals surface area contributed by atoms with Gasteiger partial charge in [0.2, 0.25) is 0 Å². The van der Waals surface area contributed by atoms with Gasteiger partial charge in [-0.05, 0) is 63.7 Å². The Morgan fingerprint density at radius 3 is 2.70 bits per heavy atom. The van der Waals surface area contributed by atoms with Gasteiger partial charge in [0.05, 0.1) is 17.1 Å². The predicted octanol–water partition coefficient (Wildman–Crippen LogP) is 3.96. The molecule has 2 N–H and O–H groups in total. The van der Waals surface area contributed by atoms with E-state index in [1.807, 2.05) is 12.1 Å². The van der Waals surface area contributed by atoms with Crippen LogP contribution in [0.15, 0.2) is 40.9 Å². The molecule has 1 aliphatic rings. The van der Waals surface area contributed by atoms with Crippen molar-refractivity contribution >= 4 is 15.9 Å². The second-order valence-electron chi connectivity index (χ2n) is 4.97. The lowest BCUT2D eigenvalue weighted by Gasteiger charge is -2.20. The molecule has 0 bridgehead atoms. The van der Waals surface area contributed by atoms with Crippen LogP contribution in [0, 0.1) is 5.82 Å². The SMILES string of the molecule is NC(c1ccc(F)c(Br)c1)c1ccc2c(c1)CCCO2. The Balaban J connectivity index is 1.93. The number of rotatable bonds is 2. The van der Waals surface area contributed by atoms with Crippen molar-refractivity contribution in [1.29, 1.82) is 0 Å². The van der Waals surface area contributed by atoms with E-state index in [2.05, 4.69) is 22.0 Å². The number of hydrogen-bond donors (Lipinski definition) is 1. The van der Waals surface area contributed by atoms with Gasteiger partial charge in [-0.3, -0.25) is 0 Å². The zero-order valence-corrected chi connectivity index (χ0v) is 12.5. The van der Waals surface area contributed by atoms with E-state index in [1.165, 1.54) is 11.6 Å². The van der Waals surface area contributed by atoms with Crippen molar-refractivity contribution < 1.29 is 9.13 Å². The zero-order chi connectivity index (χ0) is 14.1. The summed E-state index contributed by atoms with van der Waals surface area (Å²) < 4.78 is 19.3. The van der Waals surface area contributed by atoms with Crippen LogP contribution in [0.1, 0.15) is 29.2 Å². The quantitative estimate of drug-likeness (QED) is 0.901. The second kappa shape index (κ2) is 5.54. The second-order valence-corrected chi connectivity index (χ2v) is 5.82. The first kappa shape index (κ1) is 13.6. The lowest BCUT2D eigenvalue weighted by atomic mass is 9.95. The van der Waals surface area contributed by atoms with E-state index in [0.717, 1.165) is 36.3 Å². The smallest absolute Gasteiger partial charge is 0.137 e. The summed E-state index contributed by atoms with van der Waals surface area (Å²) in [7, 11) is 0. The first-order valence-electron chi connectivity index (χ1n) is 6.61. The molecule has 2 aromatic rings. The summed E-state index contributed by atoms with van der Waals surface area (Å²) in [6.45, 7) is 0.781. The maximum atomic E-state index is 13.3. The van der Waals surface area contributed by atoms with Crippen LogP contribution in [0.4, 0.5) is 4.39 Å². The van der Waals surface area contributed by atoms with Gasteiger partial charge >= 0.3 is 0 Å². The van der Waals surface area contributed by atoms with E-state index in [0.29, 0.717) is 4.47 Å². The van der Waals surface area contributed by atoms with E-state index in [9.17, 15) is 4.39 Å². The Kier molecular flexibility index (Phi) is 3.76. The molecule has 2 aromatic carbocycles. The molecule has 3 rings (SSSR count). The maximum absolute atomic E-state index is 13.3. The van der Waals surface area contributed by atoms with E-state index in [4.69, 9.17) is 10.5 Å². The fraction of sp³-hybridized carbons (Fsp3) is 0.250. The van der Waals surface area contributed by atoms with Crippen molar-refractivity contribution in [3.05, 3.63) is 63.4 Å². The van der Waals surface area contributed by atoms with Gasteiger partial charge in [-0.1, -0.05) is 18.2 Å². The maximum Gasteiger partial charge on any atom is 0.137 e. The molecule has 1 aliphatic heterocycles. The van der Waals surface area contributed by atoms with Gasteiger partial charge < -0.3 is 10.5 Å². The molecule has 0 radical (unpaired) electrons. The summed E-state index contributed by atoms with van der Waals surface area (Å²) >= 11 is 3.20. The number of fused-ring (bicyclic) bond motifs is 1. The lowest BCUT2D eigenvalue weighted by Crippen LogP contribution is -2.14. The Bertz CT molecular complexity index is 644. The molecule has 0 saturated heterocycles. The van der Waals surface area contributed by atoms with Crippen LogP contribution in [-0.4, -0.2) is 6.61 Å². The zero-order valence-electron chi connectivity index (χ0n) is 10.9. The molecule has 0 amide bonds. The third kappa shape index (κ3) is 2.58. The van der Waals surface area contributed by atoms with E-state index in [1.54, 1.807) is 12.1 Å². The number of halogens is 2. The molecular weight excluding hydrogens is 321 g/mol. The first-order valence-corrected chi connectivity index (χ1v) is 7.40. The van der Waals surface area contributed by atoms with Crippen LogP contribution < -0.4 is 10.5 Å². The summed E-state index contributed by atoms with van der Waals surface area (Å²) in [6, 6.07) is 10.7. The van der Waals surface area contributed by atoms with Crippen molar-refractivity contribution in [3.63, 3.8) is 0 Å². The average Bonchev–Trinajstić information content (AvgIpc) is 2.49. The number of nitrogens with two attached hydrogens (primary N) is 1. The molecule has 1 unspecified atom stereocenters. The van der Waals surface area contributed by atoms with E-state index >= 15 is 0 Å². The first-order chi connectivity index (χ1) is 9.65. The van der Waals surface area contributed by atoms with Crippen LogP contribution in [0.25, 0.3) is 0 Å². The summed E-state index contributed by atoms with van der Waals surface area (Å²) in [5, 5.41) is 0. The van der Waals surface area contributed by atoms with Gasteiger partial charge in [-0.15, -0.1) is 0 Å². The Hall–Kier alpha value is -1.39. The minimum atomic E-state index is -0.278. The minimum absolute atomic E-state index is 0.265. The van der Waals surface area contributed by atoms with Crippen LogP contribution in [-0.2, 0) is 6.42 Å². The number of hydrogen-bond acceptors (Lipinski definition) is 2. The largest absolute Gasteiger partial charge is 0.493 e. The standard InChI is InChI=1S/C16H15BrFNO/c17-13-9-12(3-5-14(13)18)16(19)11-4-6-15-10(8-11)2-1-7-20-15/h3-6,8-9,16H,1-2,7,19H2. The molecule has 0 aromatic heterocycles. The molecule has 0 spiro atoms. The Morgan fingerprint density at radius 2 is 1.90 bits per heavy atom. The van der Waals surface area contributed by atoms with Crippen LogP contribution >= 0.6 is 15.9 Å². The summed E-state index contributed by atoms with van der Waals surface area (Å²) in [5.74, 6) is 0.673. The molecule has 104 valence electrons. The van der Waals surface area contributed by atoms with E-state index < -0.39 is 0 Å². The van der Waals surface area contributed by atoms with E-state index in [-0.39, 0.29) is 11.9 Å². The highest BCUT2D eigenvalue weighted by molar-refractivity contribution is 9.10. The van der Waals surface area contributed by atoms with Crippen molar-refractivity contribution in [2.24, 2.45) is 5.73 Å². The Morgan fingerprint density at radius 1 is 1.15 bits per heavy atom. The van der Waals surface area contributed by atoms with Crippen LogP contribution in [0.5, 0.6) is 5.75 Å². The molecule has 1 heterocycles. The molecule has 0 saturated carbocycles. The molecule has 0 fully saturated rings. The number of benzene rings is 2. The highest BCUT2D eigenvalue weighted by Crippen LogP contribution is 2.30. The molecule has 2 nitrogen and oxygen atoms in total. The van der Waals surface area contributed by atoms with Gasteiger partial charge in [0.15, 0.2) is 0 Å². The molecule has 20 heavy (non-hydrogen) atoms. The van der Waals surface area contributed by atoms with Crippen LogP contribution in [0.3, 0.4) is 0 Å². The molecule has 0 aliphatic carbocycles. The topological polar surface area (TPSA) is 35.2 Å². The van der Waals surface area contributed by atoms with Crippen molar-refractivity contribution in [3.8, 4) is 5.75 Å². The van der Waals surface area contributed by atoms with Crippen molar-refractivity contribution in [2.75, 3.05) is 6.61 Å². The van der Waals surface area contributed by atoms with Crippen LogP contribution in [0.2, 0.25) is 0 Å². The third-order valence-electron chi connectivity index (χ3n) is 3.59. The van der Waals surface area contributed by atoms with Gasteiger partial charge in [0, 0.05) is 0 Å². The fourth-order valence-electron chi connectivity index (χ4n) is 2.47. The highest BCUT2D eigenvalue weighted by atomic mass is 79.9. The van der Waals surface area contributed by atoms with Gasteiger partial charge in [-0.2, -0.15) is 0 Å². The molecule has 4 heteroatoms. The summed E-state index contributed by atoms with van der Waals surface area (Å²) in [6.07, 6.45) is 2.05. The number of ether oxygens (including phenoxy) is 1.